The molecule has 3 aromatic carbocycles. The van der Waals surface area contributed by atoms with Crippen LogP contribution < -0.4 is 5.46 Å². The second kappa shape index (κ2) is 9.75. The molecule has 0 radical (unpaired) electrons. The van der Waals surface area contributed by atoms with E-state index >= 15 is 0 Å². The molecule has 4 heteroatoms. The SMILES string of the molecule is CC(C)c1cc(B2OC(C)(C)C(C)(C)O2)cc(C(C)C)c1N=C(c1ccccc1)c1ccccc1. The molecule has 4 rings (SSSR count). The molecular formula is C31H38BNO2. The zero-order chi connectivity index (χ0) is 25.4. The van der Waals surface area contributed by atoms with Gasteiger partial charge in [-0.25, -0.2) is 4.99 Å². The fraction of sp³-hybridized carbons (Fsp3) is 0.387. The zero-order valence-corrected chi connectivity index (χ0v) is 22.4. The Balaban J connectivity index is 1.92. The quantitative estimate of drug-likeness (QED) is 0.279. The number of nitrogens with zero attached hydrogens (tertiary/aromatic N) is 1. The lowest BCUT2D eigenvalue weighted by molar-refractivity contribution is 0.00578. The fourth-order valence-corrected chi connectivity index (χ4v) is 4.43. The van der Waals surface area contributed by atoms with Crippen molar-refractivity contribution < 1.29 is 9.31 Å². The van der Waals surface area contributed by atoms with Crippen LogP contribution in [0.5, 0.6) is 0 Å². The third kappa shape index (κ3) is 5.15. The molecule has 1 heterocycles. The van der Waals surface area contributed by atoms with Gasteiger partial charge in [0.1, 0.15) is 0 Å². The first-order valence-electron chi connectivity index (χ1n) is 12.7. The second-order valence-corrected chi connectivity index (χ2v) is 11.1. The highest BCUT2D eigenvalue weighted by Gasteiger charge is 2.52. The van der Waals surface area contributed by atoms with Crippen molar-refractivity contribution in [1.29, 1.82) is 0 Å². The van der Waals surface area contributed by atoms with E-state index in [2.05, 4.69) is 116 Å². The minimum atomic E-state index is -0.393. The molecule has 0 spiro atoms. The van der Waals surface area contributed by atoms with Crippen molar-refractivity contribution in [3.8, 4) is 0 Å². The van der Waals surface area contributed by atoms with Crippen LogP contribution in [0.2, 0.25) is 0 Å². The summed E-state index contributed by atoms with van der Waals surface area (Å²) in [5.41, 5.74) is 7.00. The highest BCUT2D eigenvalue weighted by Crippen LogP contribution is 2.39. The van der Waals surface area contributed by atoms with Gasteiger partial charge in [0.2, 0.25) is 0 Å². The number of hydrogen-bond donors (Lipinski definition) is 0. The summed E-state index contributed by atoms with van der Waals surface area (Å²) >= 11 is 0. The van der Waals surface area contributed by atoms with Crippen LogP contribution in [0, 0.1) is 0 Å². The van der Waals surface area contributed by atoms with Crippen molar-refractivity contribution in [3.63, 3.8) is 0 Å². The van der Waals surface area contributed by atoms with Crippen molar-refractivity contribution in [2.24, 2.45) is 4.99 Å². The average Bonchev–Trinajstić information content (AvgIpc) is 3.04. The summed E-state index contributed by atoms with van der Waals surface area (Å²) in [4.78, 5) is 5.40. The lowest BCUT2D eigenvalue weighted by atomic mass is 9.75. The topological polar surface area (TPSA) is 30.8 Å². The molecule has 3 aromatic rings. The van der Waals surface area contributed by atoms with Crippen molar-refractivity contribution in [2.75, 3.05) is 0 Å². The fourth-order valence-electron chi connectivity index (χ4n) is 4.43. The first kappa shape index (κ1) is 25.4. The maximum Gasteiger partial charge on any atom is 0.494 e. The van der Waals surface area contributed by atoms with Gasteiger partial charge in [0.15, 0.2) is 0 Å². The van der Waals surface area contributed by atoms with Crippen LogP contribution in [0.15, 0.2) is 77.8 Å². The van der Waals surface area contributed by atoms with Crippen LogP contribution in [-0.2, 0) is 9.31 Å². The Morgan fingerprint density at radius 1 is 0.686 bits per heavy atom. The summed E-state index contributed by atoms with van der Waals surface area (Å²) in [7, 11) is -0.393. The summed E-state index contributed by atoms with van der Waals surface area (Å²) in [6, 6.07) is 25.4. The molecule has 0 unspecified atom stereocenters. The summed E-state index contributed by atoms with van der Waals surface area (Å²) in [5, 5.41) is 0. The van der Waals surface area contributed by atoms with Crippen molar-refractivity contribution >= 4 is 24.0 Å². The summed E-state index contributed by atoms with van der Waals surface area (Å²) in [6.07, 6.45) is 0. The van der Waals surface area contributed by atoms with Crippen LogP contribution >= 0.6 is 0 Å². The molecule has 1 aliphatic heterocycles. The molecule has 0 bridgehead atoms. The summed E-state index contributed by atoms with van der Waals surface area (Å²) in [5.74, 6) is 0.586. The van der Waals surface area contributed by atoms with E-state index in [1.807, 2.05) is 12.1 Å². The van der Waals surface area contributed by atoms with Gasteiger partial charge in [-0.05, 0) is 56.1 Å². The highest BCUT2D eigenvalue weighted by atomic mass is 16.7. The minimum Gasteiger partial charge on any atom is -0.399 e. The predicted molar refractivity (Wildman–Crippen MR) is 149 cm³/mol. The summed E-state index contributed by atoms with van der Waals surface area (Å²) in [6.45, 7) is 17.3. The van der Waals surface area contributed by atoms with Gasteiger partial charge >= 0.3 is 7.12 Å². The van der Waals surface area contributed by atoms with Gasteiger partial charge in [0.25, 0.3) is 0 Å². The second-order valence-electron chi connectivity index (χ2n) is 11.1. The molecule has 0 atom stereocenters. The van der Waals surface area contributed by atoms with Crippen LogP contribution in [-0.4, -0.2) is 24.0 Å². The summed E-state index contributed by atoms with van der Waals surface area (Å²) < 4.78 is 12.8. The lowest BCUT2D eigenvalue weighted by Gasteiger charge is -2.32. The highest BCUT2D eigenvalue weighted by molar-refractivity contribution is 6.62. The molecule has 0 aromatic heterocycles. The Hall–Kier alpha value is -2.69. The van der Waals surface area contributed by atoms with Crippen LogP contribution in [0.25, 0.3) is 0 Å². The molecule has 0 aliphatic carbocycles. The van der Waals surface area contributed by atoms with E-state index in [1.54, 1.807) is 0 Å². The smallest absolute Gasteiger partial charge is 0.399 e. The molecule has 182 valence electrons. The number of benzene rings is 3. The molecule has 35 heavy (non-hydrogen) atoms. The molecule has 1 fully saturated rings. The van der Waals surface area contributed by atoms with Gasteiger partial charge in [-0.2, -0.15) is 0 Å². The Morgan fingerprint density at radius 3 is 1.46 bits per heavy atom. The Bertz CT molecular complexity index is 1110. The minimum absolute atomic E-state index is 0.293. The molecule has 0 N–H and O–H groups in total. The first-order valence-corrected chi connectivity index (χ1v) is 12.7. The van der Waals surface area contributed by atoms with Crippen LogP contribution in [0.3, 0.4) is 0 Å². The van der Waals surface area contributed by atoms with E-state index in [0.717, 1.165) is 28.0 Å². The van der Waals surface area contributed by atoms with Crippen molar-refractivity contribution in [1.82, 2.24) is 0 Å². The Labute approximate surface area is 211 Å². The van der Waals surface area contributed by atoms with Crippen molar-refractivity contribution in [2.45, 2.75) is 78.4 Å². The van der Waals surface area contributed by atoms with Gasteiger partial charge < -0.3 is 9.31 Å². The lowest BCUT2D eigenvalue weighted by Crippen LogP contribution is -2.41. The molecular weight excluding hydrogens is 429 g/mol. The average molecular weight is 467 g/mol. The standard InChI is InChI=1S/C31H38BNO2/c1-21(2)26-19-25(32-34-30(5,6)31(7,8)35-32)20-27(22(3)4)29(26)33-28(23-15-11-9-12-16-23)24-17-13-10-14-18-24/h9-22H,1-8H3. The molecule has 3 nitrogen and oxygen atoms in total. The van der Waals surface area contributed by atoms with E-state index in [0.29, 0.717) is 11.8 Å². The van der Waals surface area contributed by atoms with E-state index in [1.165, 1.54) is 11.1 Å². The third-order valence-electron chi connectivity index (χ3n) is 7.28. The van der Waals surface area contributed by atoms with E-state index in [4.69, 9.17) is 14.3 Å². The van der Waals surface area contributed by atoms with Gasteiger partial charge in [-0.3, -0.25) is 0 Å². The van der Waals surface area contributed by atoms with E-state index in [9.17, 15) is 0 Å². The molecule has 1 aliphatic rings. The van der Waals surface area contributed by atoms with Gasteiger partial charge in [-0.1, -0.05) is 100 Å². The van der Waals surface area contributed by atoms with E-state index in [-0.39, 0.29) is 11.2 Å². The monoisotopic (exact) mass is 467 g/mol. The normalized spacial score (nSPS) is 16.7. The van der Waals surface area contributed by atoms with Crippen LogP contribution in [0.1, 0.15) is 89.5 Å². The largest absolute Gasteiger partial charge is 0.494 e. The maximum atomic E-state index is 6.42. The van der Waals surface area contributed by atoms with Crippen LogP contribution in [0.4, 0.5) is 5.69 Å². The number of hydrogen-bond acceptors (Lipinski definition) is 3. The third-order valence-corrected chi connectivity index (χ3v) is 7.28. The Kier molecular flexibility index (Phi) is 7.08. The zero-order valence-electron chi connectivity index (χ0n) is 22.4. The predicted octanol–water partition coefficient (Wildman–Crippen LogP) is 7.40. The number of rotatable bonds is 6. The molecule has 1 saturated heterocycles. The first-order chi connectivity index (χ1) is 16.5. The van der Waals surface area contributed by atoms with Gasteiger partial charge in [0.05, 0.1) is 22.6 Å². The molecule has 0 saturated carbocycles. The van der Waals surface area contributed by atoms with Crippen molar-refractivity contribution in [3.05, 3.63) is 95.1 Å². The maximum absolute atomic E-state index is 6.42. The van der Waals surface area contributed by atoms with E-state index < -0.39 is 7.12 Å². The van der Waals surface area contributed by atoms with Gasteiger partial charge in [-0.15, -0.1) is 0 Å². The Morgan fingerprint density at radius 2 is 1.09 bits per heavy atom. The van der Waals surface area contributed by atoms with Gasteiger partial charge in [0, 0.05) is 11.1 Å². The molecule has 0 amide bonds. The number of aliphatic imine (C=N–C) groups is 1.